The van der Waals surface area contributed by atoms with E-state index in [1.165, 1.54) is 6.42 Å². The second kappa shape index (κ2) is 7.50. The lowest BCUT2D eigenvalue weighted by Crippen LogP contribution is -2.48. The maximum atomic E-state index is 12.0. The number of urea groups is 1. The molecule has 5 heteroatoms. The zero-order valence-corrected chi connectivity index (χ0v) is 12.9. The van der Waals surface area contributed by atoms with Crippen LogP contribution in [0.1, 0.15) is 65.7 Å². The highest BCUT2D eigenvalue weighted by atomic mass is 16.4. The molecule has 1 saturated carbocycles. The zero-order chi connectivity index (χ0) is 15.2. The first kappa shape index (κ1) is 16.8. The third-order valence-corrected chi connectivity index (χ3v) is 3.93. The van der Waals surface area contributed by atoms with Crippen LogP contribution in [0, 0.1) is 5.41 Å². The molecule has 0 saturated heterocycles. The van der Waals surface area contributed by atoms with E-state index in [0.717, 1.165) is 25.7 Å². The van der Waals surface area contributed by atoms with Gasteiger partial charge in [-0.25, -0.2) is 4.79 Å². The zero-order valence-electron chi connectivity index (χ0n) is 12.9. The third kappa shape index (κ3) is 6.26. The number of aliphatic carboxylic acids is 1. The Kier molecular flexibility index (Phi) is 6.30. The molecule has 3 N–H and O–H groups in total. The van der Waals surface area contributed by atoms with Crippen molar-refractivity contribution in [1.29, 1.82) is 0 Å². The molecule has 5 nitrogen and oxygen atoms in total. The lowest BCUT2D eigenvalue weighted by molar-refractivity contribution is -0.137. The Morgan fingerprint density at radius 2 is 2.10 bits per heavy atom. The molecule has 2 unspecified atom stereocenters. The number of carboxylic acids is 1. The Morgan fingerprint density at radius 3 is 2.65 bits per heavy atom. The summed E-state index contributed by atoms with van der Waals surface area (Å²) in [5, 5.41) is 14.6. The predicted molar refractivity (Wildman–Crippen MR) is 78.7 cm³/mol. The highest BCUT2D eigenvalue weighted by Gasteiger charge is 2.29. The van der Waals surface area contributed by atoms with E-state index >= 15 is 0 Å². The fraction of sp³-hybridized carbons (Fsp3) is 0.867. The van der Waals surface area contributed by atoms with Crippen molar-refractivity contribution >= 4 is 12.0 Å². The molecule has 1 aliphatic carbocycles. The predicted octanol–water partition coefficient (Wildman–Crippen LogP) is 2.90. The average molecular weight is 284 g/mol. The maximum Gasteiger partial charge on any atom is 0.315 e. The molecule has 20 heavy (non-hydrogen) atoms. The maximum absolute atomic E-state index is 12.0. The van der Waals surface area contributed by atoms with Crippen molar-refractivity contribution in [3.8, 4) is 0 Å². The van der Waals surface area contributed by atoms with Gasteiger partial charge in [-0.1, -0.05) is 33.6 Å². The summed E-state index contributed by atoms with van der Waals surface area (Å²) in [6, 6.07) is -0.313. The Labute approximate surface area is 121 Å². The van der Waals surface area contributed by atoms with E-state index in [-0.39, 0.29) is 30.0 Å². The standard InChI is InChI=1S/C15H28N2O3/c1-4-6-11(9-13(18)19)16-14(20)17-12-7-5-8-15(2,3)10-12/h11-12H,4-10H2,1-3H3,(H,18,19)(H2,16,17,20). The molecule has 0 heterocycles. The van der Waals surface area contributed by atoms with Crippen LogP contribution in [0.15, 0.2) is 0 Å². The third-order valence-electron chi connectivity index (χ3n) is 3.93. The number of rotatable bonds is 6. The molecule has 1 rings (SSSR count). The van der Waals surface area contributed by atoms with Crippen molar-refractivity contribution in [2.24, 2.45) is 5.41 Å². The van der Waals surface area contributed by atoms with Crippen LogP contribution in [0.25, 0.3) is 0 Å². The van der Waals surface area contributed by atoms with Crippen molar-refractivity contribution in [2.45, 2.75) is 77.8 Å². The van der Waals surface area contributed by atoms with Crippen LogP contribution in [0.4, 0.5) is 4.79 Å². The number of carbonyl (C=O) groups excluding carboxylic acids is 1. The molecule has 1 aliphatic rings. The van der Waals surface area contributed by atoms with Gasteiger partial charge in [0.1, 0.15) is 0 Å². The van der Waals surface area contributed by atoms with E-state index in [1.54, 1.807) is 0 Å². The monoisotopic (exact) mass is 284 g/mol. The first-order valence-electron chi connectivity index (χ1n) is 7.61. The molecular weight excluding hydrogens is 256 g/mol. The van der Waals surface area contributed by atoms with Gasteiger partial charge in [0.15, 0.2) is 0 Å². The molecule has 0 aromatic heterocycles. The highest BCUT2D eigenvalue weighted by Crippen LogP contribution is 2.34. The van der Waals surface area contributed by atoms with E-state index < -0.39 is 5.97 Å². The molecule has 0 aromatic carbocycles. The number of hydrogen-bond acceptors (Lipinski definition) is 2. The lowest BCUT2D eigenvalue weighted by atomic mass is 9.75. The van der Waals surface area contributed by atoms with E-state index in [1.807, 2.05) is 6.92 Å². The highest BCUT2D eigenvalue weighted by molar-refractivity contribution is 5.76. The van der Waals surface area contributed by atoms with Gasteiger partial charge in [0.05, 0.1) is 6.42 Å². The van der Waals surface area contributed by atoms with Gasteiger partial charge < -0.3 is 15.7 Å². The van der Waals surface area contributed by atoms with Crippen LogP contribution in [0.2, 0.25) is 0 Å². The Hall–Kier alpha value is -1.26. The summed E-state index contributed by atoms with van der Waals surface area (Å²) in [5.74, 6) is -0.873. The quantitative estimate of drug-likeness (QED) is 0.701. The van der Waals surface area contributed by atoms with Gasteiger partial charge in [0.2, 0.25) is 0 Å². The molecule has 0 aromatic rings. The Morgan fingerprint density at radius 1 is 1.40 bits per heavy atom. The fourth-order valence-electron chi connectivity index (χ4n) is 3.02. The van der Waals surface area contributed by atoms with Crippen LogP contribution < -0.4 is 10.6 Å². The number of amides is 2. The minimum Gasteiger partial charge on any atom is -0.481 e. The molecule has 0 radical (unpaired) electrons. The van der Waals surface area contributed by atoms with Crippen LogP contribution in [-0.4, -0.2) is 29.2 Å². The van der Waals surface area contributed by atoms with Gasteiger partial charge in [-0.2, -0.15) is 0 Å². The number of nitrogens with one attached hydrogen (secondary N) is 2. The first-order valence-corrected chi connectivity index (χ1v) is 7.61. The molecule has 0 aliphatic heterocycles. The lowest BCUT2D eigenvalue weighted by Gasteiger charge is -2.35. The van der Waals surface area contributed by atoms with Crippen molar-refractivity contribution in [1.82, 2.24) is 10.6 Å². The SMILES string of the molecule is CCCC(CC(=O)O)NC(=O)NC1CCCC(C)(C)C1. The molecule has 116 valence electrons. The number of carbonyl (C=O) groups is 2. The van der Waals surface area contributed by atoms with Gasteiger partial charge in [-0.15, -0.1) is 0 Å². The normalized spacial score (nSPS) is 22.9. The minimum atomic E-state index is -0.873. The van der Waals surface area contributed by atoms with E-state index in [2.05, 4.69) is 24.5 Å². The molecule has 0 bridgehead atoms. The van der Waals surface area contributed by atoms with Crippen LogP contribution in [0.3, 0.4) is 0 Å². The molecule has 2 atom stereocenters. The summed E-state index contributed by atoms with van der Waals surface area (Å²) in [4.78, 5) is 22.7. The van der Waals surface area contributed by atoms with Gasteiger partial charge in [-0.3, -0.25) is 4.79 Å². The molecule has 0 spiro atoms. The second-order valence-corrected chi connectivity index (χ2v) is 6.66. The van der Waals surface area contributed by atoms with Gasteiger partial charge in [0.25, 0.3) is 0 Å². The summed E-state index contributed by atoms with van der Waals surface area (Å²) in [6.45, 7) is 6.43. The Bertz CT molecular complexity index is 342. The van der Waals surface area contributed by atoms with Crippen molar-refractivity contribution in [3.05, 3.63) is 0 Å². The average Bonchev–Trinajstić information content (AvgIpc) is 2.26. The van der Waals surface area contributed by atoms with Crippen molar-refractivity contribution < 1.29 is 14.7 Å². The van der Waals surface area contributed by atoms with Gasteiger partial charge >= 0.3 is 12.0 Å². The van der Waals surface area contributed by atoms with E-state index in [4.69, 9.17) is 5.11 Å². The molecule has 1 fully saturated rings. The van der Waals surface area contributed by atoms with Crippen LogP contribution >= 0.6 is 0 Å². The largest absolute Gasteiger partial charge is 0.481 e. The fourth-order valence-corrected chi connectivity index (χ4v) is 3.02. The van der Waals surface area contributed by atoms with Gasteiger partial charge in [0, 0.05) is 12.1 Å². The second-order valence-electron chi connectivity index (χ2n) is 6.66. The first-order chi connectivity index (χ1) is 9.32. The summed E-state index contributed by atoms with van der Waals surface area (Å²) < 4.78 is 0. The molecular formula is C15H28N2O3. The van der Waals surface area contributed by atoms with Gasteiger partial charge in [-0.05, 0) is 31.1 Å². The number of carboxylic acid groups (broad SMARTS) is 1. The smallest absolute Gasteiger partial charge is 0.315 e. The van der Waals surface area contributed by atoms with Crippen LogP contribution in [-0.2, 0) is 4.79 Å². The van der Waals surface area contributed by atoms with Crippen LogP contribution in [0.5, 0.6) is 0 Å². The van der Waals surface area contributed by atoms with E-state index in [9.17, 15) is 9.59 Å². The Balaban J connectivity index is 2.42. The summed E-state index contributed by atoms with van der Waals surface area (Å²) in [7, 11) is 0. The summed E-state index contributed by atoms with van der Waals surface area (Å²) >= 11 is 0. The number of hydrogen-bond donors (Lipinski definition) is 3. The molecule has 2 amide bonds. The minimum absolute atomic E-state index is 0.0164. The van der Waals surface area contributed by atoms with E-state index in [0.29, 0.717) is 6.42 Å². The summed E-state index contributed by atoms with van der Waals surface area (Å²) in [5.41, 5.74) is 0.278. The summed E-state index contributed by atoms with van der Waals surface area (Å²) in [6.07, 6.45) is 5.85. The van der Waals surface area contributed by atoms with Crippen molar-refractivity contribution in [3.63, 3.8) is 0 Å². The topological polar surface area (TPSA) is 78.4 Å². The van der Waals surface area contributed by atoms with Crippen molar-refractivity contribution in [2.75, 3.05) is 0 Å².